The van der Waals surface area contributed by atoms with Crippen molar-refractivity contribution in [3.63, 3.8) is 0 Å². The largest absolute Gasteiger partial charge is 0.362 e. The maximum atomic E-state index is 4.37. The summed E-state index contributed by atoms with van der Waals surface area (Å²) in [5.41, 5.74) is 3.04. The molecule has 1 unspecified atom stereocenters. The van der Waals surface area contributed by atoms with E-state index in [2.05, 4.69) is 32.5 Å². The van der Waals surface area contributed by atoms with Crippen LogP contribution in [0.25, 0.3) is 5.52 Å². The van der Waals surface area contributed by atoms with Gasteiger partial charge in [0.15, 0.2) is 5.82 Å². The van der Waals surface area contributed by atoms with Crippen molar-refractivity contribution in [2.24, 2.45) is 0 Å². The fourth-order valence-electron chi connectivity index (χ4n) is 1.94. The molecule has 0 saturated carbocycles. The van der Waals surface area contributed by atoms with Crippen LogP contribution >= 0.6 is 0 Å². The smallest absolute Gasteiger partial charge is 0.152 e. The maximum absolute atomic E-state index is 4.37. The summed E-state index contributed by atoms with van der Waals surface area (Å²) in [5.74, 6) is 0.826. The van der Waals surface area contributed by atoms with E-state index in [4.69, 9.17) is 0 Å². The van der Waals surface area contributed by atoms with Crippen molar-refractivity contribution in [3.8, 4) is 0 Å². The van der Waals surface area contributed by atoms with Gasteiger partial charge in [0.05, 0.1) is 17.9 Å². The number of H-pyrrole nitrogens is 1. The van der Waals surface area contributed by atoms with Crippen molar-refractivity contribution < 1.29 is 0 Å². The summed E-state index contributed by atoms with van der Waals surface area (Å²) in [6, 6.07) is 2.15. The zero-order chi connectivity index (χ0) is 12.5. The molecule has 18 heavy (non-hydrogen) atoms. The highest BCUT2D eigenvalue weighted by Gasteiger charge is 2.10. The first-order valence-electron chi connectivity index (χ1n) is 5.80. The molecule has 3 aromatic heterocycles. The molecule has 0 aliphatic carbocycles. The number of nitrogens with one attached hydrogen (secondary N) is 2. The molecule has 3 rings (SSSR count). The first-order chi connectivity index (χ1) is 8.74. The van der Waals surface area contributed by atoms with Crippen LogP contribution in [0.3, 0.4) is 0 Å². The zero-order valence-electron chi connectivity index (χ0n) is 10.3. The highest BCUT2D eigenvalue weighted by Crippen LogP contribution is 2.20. The van der Waals surface area contributed by atoms with Gasteiger partial charge in [-0.2, -0.15) is 10.2 Å². The summed E-state index contributed by atoms with van der Waals surface area (Å²) >= 11 is 0. The van der Waals surface area contributed by atoms with Crippen LogP contribution in [0.2, 0.25) is 0 Å². The van der Waals surface area contributed by atoms with E-state index in [1.54, 1.807) is 12.4 Å². The SMILES string of the molecule is Cc1cc2c(NC(C)c3cn[nH]c3)nccn2n1. The molecule has 0 aromatic carbocycles. The Hall–Kier alpha value is -2.37. The number of rotatable bonds is 3. The van der Waals surface area contributed by atoms with Crippen molar-refractivity contribution in [2.75, 3.05) is 5.32 Å². The second-order valence-corrected chi connectivity index (χ2v) is 4.29. The Morgan fingerprint density at radius 1 is 1.44 bits per heavy atom. The lowest BCUT2D eigenvalue weighted by atomic mass is 10.2. The van der Waals surface area contributed by atoms with Crippen molar-refractivity contribution in [1.82, 2.24) is 24.8 Å². The van der Waals surface area contributed by atoms with Gasteiger partial charge in [0.1, 0.15) is 5.52 Å². The number of hydrogen-bond acceptors (Lipinski definition) is 4. The number of aromatic nitrogens is 5. The molecule has 0 aliphatic heterocycles. The quantitative estimate of drug-likeness (QED) is 0.736. The van der Waals surface area contributed by atoms with E-state index in [1.165, 1.54) is 0 Å². The summed E-state index contributed by atoms with van der Waals surface area (Å²) in [6.45, 7) is 4.04. The van der Waals surface area contributed by atoms with E-state index in [1.807, 2.05) is 29.9 Å². The zero-order valence-corrected chi connectivity index (χ0v) is 10.3. The first-order valence-corrected chi connectivity index (χ1v) is 5.80. The van der Waals surface area contributed by atoms with E-state index in [9.17, 15) is 0 Å². The predicted octanol–water partition coefficient (Wildman–Crippen LogP) is 1.93. The second-order valence-electron chi connectivity index (χ2n) is 4.29. The van der Waals surface area contributed by atoms with E-state index in [0.29, 0.717) is 0 Å². The number of aryl methyl sites for hydroxylation is 1. The fraction of sp³-hybridized carbons (Fsp3) is 0.250. The first kappa shape index (κ1) is 10.8. The summed E-state index contributed by atoms with van der Waals surface area (Å²) in [6.07, 6.45) is 7.26. The van der Waals surface area contributed by atoms with Crippen LogP contribution in [0.5, 0.6) is 0 Å². The molecule has 2 N–H and O–H groups in total. The summed E-state index contributed by atoms with van der Waals surface area (Å²) < 4.78 is 1.83. The molecular weight excluding hydrogens is 228 g/mol. The van der Waals surface area contributed by atoms with Crippen LogP contribution < -0.4 is 5.32 Å². The summed E-state index contributed by atoms with van der Waals surface area (Å²) in [5, 5.41) is 14.5. The van der Waals surface area contributed by atoms with Crippen molar-refractivity contribution in [2.45, 2.75) is 19.9 Å². The molecule has 0 spiro atoms. The molecule has 1 atom stereocenters. The monoisotopic (exact) mass is 242 g/mol. The number of hydrogen-bond donors (Lipinski definition) is 2. The molecule has 0 saturated heterocycles. The fourth-order valence-corrected chi connectivity index (χ4v) is 1.94. The van der Waals surface area contributed by atoms with Crippen molar-refractivity contribution >= 4 is 11.3 Å². The highest BCUT2D eigenvalue weighted by atomic mass is 15.2. The minimum atomic E-state index is 0.137. The third-order valence-electron chi connectivity index (χ3n) is 2.88. The van der Waals surface area contributed by atoms with Gasteiger partial charge in [0.2, 0.25) is 0 Å². The molecule has 0 bridgehead atoms. The minimum absolute atomic E-state index is 0.137. The van der Waals surface area contributed by atoms with Crippen LogP contribution in [-0.2, 0) is 0 Å². The van der Waals surface area contributed by atoms with Gasteiger partial charge in [0, 0.05) is 24.2 Å². The molecule has 0 amide bonds. The molecule has 6 heteroatoms. The van der Waals surface area contributed by atoms with Gasteiger partial charge in [-0.05, 0) is 19.9 Å². The number of fused-ring (bicyclic) bond motifs is 1. The molecule has 0 radical (unpaired) electrons. The van der Waals surface area contributed by atoms with Crippen LogP contribution in [0.15, 0.2) is 30.9 Å². The van der Waals surface area contributed by atoms with Gasteiger partial charge >= 0.3 is 0 Å². The predicted molar refractivity (Wildman–Crippen MR) is 68.3 cm³/mol. The lowest BCUT2D eigenvalue weighted by molar-refractivity contribution is 0.865. The normalized spacial score (nSPS) is 12.8. The lowest BCUT2D eigenvalue weighted by Crippen LogP contribution is -2.08. The Kier molecular flexibility index (Phi) is 2.47. The third-order valence-corrected chi connectivity index (χ3v) is 2.88. The van der Waals surface area contributed by atoms with Crippen LogP contribution in [0.1, 0.15) is 24.2 Å². The molecule has 0 fully saturated rings. The van der Waals surface area contributed by atoms with Gasteiger partial charge in [-0.3, -0.25) is 5.10 Å². The van der Waals surface area contributed by atoms with E-state index in [-0.39, 0.29) is 6.04 Å². The van der Waals surface area contributed by atoms with E-state index < -0.39 is 0 Å². The Balaban J connectivity index is 1.95. The Labute approximate surface area is 104 Å². The molecule has 3 heterocycles. The Bertz CT molecular complexity index is 654. The second kappa shape index (κ2) is 4.14. The average molecular weight is 242 g/mol. The Morgan fingerprint density at radius 3 is 3.11 bits per heavy atom. The van der Waals surface area contributed by atoms with Crippen molar-refractivity contribution in [3.05, 3.63) is 42.1 Å². The van der Waals surface area contributed by atoms with Crippen LogP contribution in [0, 0.1) is 6.92 Å². The van der Waals surface area contributed by atoms with Crippen LogP contribution in [0.4, 0.5) is 5.82 Å². The summed E-state index contributed by atoms with van der Waals surface area (Å²) in [4.78, 5) is 4.37. The van der Waals surface area contributed by atoms with Gasteiger partial charge in [-0.1, -0.05) is 0 Å². The topological polar surface area (TPSA) is 70.9 Å². The number of aromatic amines is 1. The molecule has 3 aromatic rings. The number of nitrogens with zero attached hydrogens (tertiary/aromatic N) is 4. The maximum Gasteiger partial charge on any atom is 0.152 e. The summed E-state index contributed by atoms with van der Waals surface area (Å²) in [7, 11) is 0. The Morgan fingerprint density at radius 2 is 2.33 bits per heavy atom. The molecular formula is C12H14N6. The van der Waals surface area contributed by atoms with E-state index in [0.717, 1.165) is 22.6 Å². The minimum Gasteiger partial charge on any atom is -0.362 e. The van der Waals surface area contributed by atoms with Gasteiger partial charge < -0.3 is 5.32 Å². The molecule has 0 aliphatic rings. The average Bonchev–Trinajstić information content (AvgIpc) is 2.96. The van der Waals surface area contributed by atoms with Gasteiger partial charge in [-0.25, -0.2) is 9.50 Å². The standard InChI is InChI=1S/C12H14N6/c1-8-5-11-12(13-3-4-18(11)17-8)16-9(2)10-6-14-15-7-10/h3-7,9H,1-2H3,(H,13,16)(H,14,15). The molecule has 92 valence electrons. The number of anilines is 1. The molecule has 6 nitrogen and oxygen atoms in total. The third kappa shape index (κ3) is 1.81. The highest BCUT2D eigenvalue weighted by molar-refractivity contribution is 5.68. The van der Waals surface area contributed by atoms with E-state index >= 15 is 0 Å². The van der Waals surface area contributed by atoms with Crippen molar-refractivity contribution in [1.29, 1.82) is 0 Å². The van der Waals surface area contributed by atoms with Crippen LogP contribution in [-0.4, -0.2) is 24.8 Å². The van der Waals surface area contributed by atoms with Gasteiger partial charge in [0.25, 0.3) is 0 Å². The van der Waals surface area contributed by atoms with Gasteiger partial charge in [-0.15, -0.1) is 0 Å². The lowest BCUT2D eigenvalue weighted by Gasteiger charge is -2.13.